The summed E-state index contributed by atoms with van der Waals surface area (Å²) in [6.45, 7) is 0. The molecule has 8 nitrogen and oxygen atoms in total. The molecule has 1 aliphatic carbocycles. The van der Waals surface area contributed by atoms with Gasteiger partial charge >= 0.3 is 5.97 Å². The van der Waals surface area contributed by atoms with Gasteiger partial charge in [0.1, 0.15) is 12.2 Å². The SMILES string of the molecule is N/N=C\N(N)c1cc(NSc2cc(C(=O)O)ccc2C2CC2)c(-c2ccccn2)cc1F. The van der Waals surface area contributed by atoms with Crippen molar-refractivity contribution in [2.45, 2.75) is 23.7 Å². The molecule has 0 saturated heterocycles. The molecule has 0 amide bonds. The number of aromatic nitrogens is 1. The summed E-state index contributed by atoms with van der Waals surface area (Å²) in [7, 11) is 0. The van der Waals surface area contributed by atoms with Gasteiger partial charge in [-0.3, -0.25) is 9.99 Å². The Morgan fingerprint density at radius 2 is 2.09 bits per heavy atom. The number of hydrogen-bond donors (Lipinski definition) is 4. The van der Waals surface area contributed by atoms with Crippen LogP contribution < -0.4 is 21.4 Å². The van der Waals surface area contributed by atoms with E-state index in [4.69, 9.17) is 11.7 Å². The smallest absolute Gasteiger partial charge is 0.335 e. The number of nitrogens with one attached hydrogen (secondary N) is 1. The van der Waals surface area contributed by atoms with E-state index in [1.807, 2.05) is 12.1 Å². The highest BCUT2D eigenvalue weighted by atomic mass is 32.2. The minimum absolute atomic E-state index is 0.0590. The van der Waals surface area contributed by atoms with Crippen LogP contribution in [0.1, 0.15) is 34.7 Å². The molecular weight excluding hydrogens is 431 g/mol. The lowest BCUT2D eigenvalue weighted by atomic mass is 10.1. The third kappa shape index (κ3) is 4.66. The predicted molar refractivity (Wildman–Crippen MR) is 124 cm³/mol. The first-order valence-electron chi connectivity index (χ1n) is 9.80. The number of carboxylic acids is 1. The van der Waals surface area contributed by atoms with Gasteiger partial charge in [-0.25, -0.2) is 15.0 Å². The standard InChI is InChI=1S/C22H21FN6O2S/c23-17-10-16(18-3-1-2-8-26-18)19(11-20(17)29(25)12-27-24)28-32-21-9-14(22(30)31)6-7-15(21)13-4-5-13/h1-3,6-13,28H,4-5,24-25H2,(H,30,31)/b27-12-. The van der Waals surface area contributed by atoms with E-state index in [9.17, 15) is 14.3 Å². The van der Waals surface area contributed by atoms with E-state index in [0.717, 1.165) is 34.6 Å². The maximum atomic E-state index is 14.8. The van der Waals surface area contributed by atoms with Crippen molar-refractivity contribution in [1.82, 2.24) is 4.98 Å². The van der Waals surface area contributed by atoms with Crippen molar-refractivity contribution in [2.75, 3.05) is 9.73 Å². The average molecular weight is 453 g/mol. The highest BCUT2D eigenvalue weighted by Crippen LogP contribution is 2.45. The lowest BCUT2D eigenvalue weighted by molar-refractivity contribution is 0.0696. The van der Waals surface area contributed by atoms with Gasteiger partial charge in [-0.1, -0.05) is 12.1 Å². The molecule has 6 N–H and O–H groups in total. The molecular formula is C22H21FN6O2S. The van der Waals surface area contributed by atoms with E-state index in [2.05, 4.69) is 14.8 Å². The number of nitrogens with zero attached hydrogens (tertiary/aromatic N) is 3. The molecule has 1 fully saturated rings. The van der Waals surface area contributed by atoms with E-state index in [1.54, 1.807) is 30.5 Å². The lowest BCUT2D eigenvalue weighted by Crippen LogP contribution is -2.30. The van der Waals surface area contributed by atoms with Crippen LogP contribution in [0.25, 0.3) is 11.3 Å². The molecule has 10 heteroatoms. The highest BCUT2D eigenvalue weighted by Gasteiger charge is 2.27. The van der Waals surface area contributed by atoms with Crippen molar-refractivity contribution in [2.24, 2.45) is 16.8 Å². The third-order valence-corrected chi connectivity index (χ3v) is 5.94. The first kappa shape index (κ1) is 21.6. The molecule has 0 spiro atoms. The summed E-state index contributed by atoms with van der Waals surface area (Å²) >= 11 is 1.27. The van der Waals surface area contributed by atoms with Crippen LogP contribution in [-0.4, -0.2) is 22.4 Å². The van der Waals surface area contributed by atoms with Gasteiger partial charge in [0.25, 0.3) is 0 Å². The molecule has 1 aliphatic rings. The van der Waals surface area contributed by atoms with E-state index < -0.39 is 11.8 Å². The first-order valence-corrected chi connectivity index (χ1v) is 10.6. The number of carboxylic acid groups (broad SMARTS) is 1. The number of carbonyl (C=O) groups is 1. The number of hydrazone groups is 1. The summed E-state index contributed by atoms with van der Waals surface area (Å²) in [6.07, 6.45) is 4.86. The molecule has 0 unspecified atom stereocenters. The second-order valence-corrected chi connectivity index (χ2v) is 8.12. The van der Waals surface area contributed by atoms with Gasteiger partial charge in [-0.2, -0.15) is 5.10 Å². The Bertz CT molecular complexity index is 1170. The Balaban J connectivity index is 1.73. The quantitative estimate of drug-likeness (QED) is 0.132. The van der Waals surface area contributed by atoms with Crippen LogP contribution in [-0.2, 0) is 0 Å². The monoisotopic (exact) mass is 452 g/mol. The van der Waals surface area contributed by atoms with Crippen molar-refractivity contribution < 1.29 is 14.3 Å². The molecule has 1 aromatic heterocycles. The van der Waals surface area contributed by atoms with Gasteiger partial charge in [0.2, 0.25) is 0 Å². The zero-order valence-electron chi connectivity index (χ0n) is 16.9. The number of aromatic carboxylic acids is 1. The number of anilines is 2. The topological polar surface area (TPSA) is 130 Å². The number of hydrazine groups is 1. The Morgan fingerprint density at radius 1 is 1.28 bits per heavy atom. The average Bonchev–Trinajstić information content (AvgIpc) is 3.64. The fourth-order valence-electron chi connectivity index (χ4n) is 3.31. The van der Waals surface area contributed by atoms with Gasteiger partial charge < -0.3 is 15.7 Å². The minimum atomic E-state index is -0.993. The summed E-state index contributed by atoms with van der Waals surface area (Å²) in [5.74, 6) is 9.84. The van der Waals surface area contributed by atoms with Crippen LogP contribution in [0.15, 0.2) is 64.7 Å². The third-order valence-electron chi connectivity index (χ3n) is 5.05. The molecule has 1 heterocycles. The zero-order valence-corrected chi connectivity index (χ0v) is 17.7. The molecule has 32 heavy (non-hydrogen) atoms. The Labute approximate surface area is 188 Å². The molecule has 0 atom stereocenters. The number of pyridine rings is 1. The van der Waals surface area contributed by atoms with Gasteiger partial charge in [0.05, 0.1) is 22.6 Å². The zero-order chi connectivity index (χ0) is 22.7. The Kier molecular flexibility index (Phi) is 6.24. The van der Waals surface area contributed by atoms with Crippen LogP contribution in [0.5, 0.6) is 0 Å². The second-order valence-electron chi connectivity index (χ2n) is 7.27. The number of rotatable bonds is 8. The van der Waals surface area contributed by atoms with Crippen LogP contribution in [0.4, 0.5) is 15.8 Å². The van der Waals surface area contributed by atoms with Crippen LogP contribution in [0.3, 0.4) is 0 Å². The van der Waals surface area contributed by atoms with Crippen molar-refractivity contribution in [3.05, 3.63) is 71.7 Å². The summed E-state index contributed by atoms with van der Waals surface area (Å²) in [5, 5.41) is 13.7. The van der Waals surface area contributed by atoms with Crippen molar-refractivity contribution >= 4 is 35.6 Å². The van der Waals surface area contributed by atoms with Gasteiger partial charge in [0, 0.05) is 16.7 Å². The van der Waals surface area contributed by atoms with Gasteiger partial charge in [-0.05, 0) is 72.7 Å². The fraction of sp³-hybridized carbons (Fsp3) is 0.136. The van der Waals surface area contributed by atoms with E-state index in [1.165, 1.54) is 24.1 Å². The van der Waals surface area contributed by atoms with Gasteiger partial charge in [-0.15, -0.1) is 0 Å². The number of hydrogen-bond acceptors (Lipinski definition) is 7. The summed E-state index contributed by atoms with van der Waals surface area (Å²) in [5.41, 5.74) is 3.00. The molecule has 1 saturated carbocycles. The number of halogens is 1. The fourth-order valence-corrected chi connectivity index (χ4v) is 4.24. The molecule has 2 aromatic carbocycles. The van der Waals surface area contributed by atoms with Gasteiger partial charge in [0.15, 0.2) is 0 Å². The molecule has 0 aliphatic heterocycles. The first-order chi connectivity index (χ1) is 15.5. The summed E-state index contributed by atoms with van der Waals surface area (Å²) in [4.78, 5) is 16.6. The van der Waals surface area contributed by atoms with E-state index >= 15 is 0 Å². The molecule has 0 radical (unpaired) electrons. The Hall–Kier alpha value is -3.63. The van der Waals surface area contributed by atoms with E-state index in [0.29, 0.717) is 22.9 Å². The lowest BCUT2D eigenvalue weighted by Gasteiger charge is -2.19. The number of nitrogens with two attached hydrogens (primary N) is 2. The number of benzene rings is 2. The van der Waals surface area contributed by atoms with Crippen molar-refractivity contribution in [1.29, 1.82) is 0 Å². The molecule has 3 aromatic rings. The van der Waals surface area contributed by atoms with Crippen LogP contribution in [0, 0.1) is 5.82 Å². The predicted octanol–water partition coefficient (Wildman–Crippen LogP) is 4.16. The van der Waals surface area contributed by atoms with E-state index in [-0.39, 0.29) is 11.3 Å². The molecule has 0 bridgehead atoms. The normalized spacial score (nSPS) is 13.3. The molecule has 164 valence electrons. The highest BCUT2D eigenvalue weighted by molar-refractivity contribution is 8.00. The van der Waals surface area contributed by atoms with Crippen LogP contribution in [0.2, 0.25) is 0 Å². The summed E-state index contributed by atoms with van der Waals surface area (Å²) < 4.78 is 18.1. The largest absolute Gasteiger partial charge is 0.478 e. The summed E-state index contributed by atoms with van der Waals surface area (Å²) in [6, 6.07) is 13.3. The minimum Gasteiger partial charge on any atom is -0.478 e. The Morgan fingerprint density at radius 3 is 2.75 bits per heavy atom. The van der Waals surface area contributed by atoms with Crippen LogP contribution >= 0.6 is 11.9 Å². The van der Waals surface area contributed by atoms with Crippen molar-refractivity contribution in [3.8, 4) is 11.3 Å². The maximum Gasteiger partial charge on any atom is 0.335 e. The molecule has 4 rings (SSSR count). The maximum absolute atomic E-state index is 14.8. The van der Waals surface area contributed by atoms with Crippen molar-refractivity contribution in [3.63, 3.8) is 0 Å². The second kappa shape index (κ2) is 9.25.